The lowest BCUT2D eigenvalue weighted by molar-refractivity contribution is 0.0468. The van der Waals surface area contributed by atoms with Crippen molar-refractivity contribution in [3.63, 3.8) is 0 Å². The van der Waals surface area contributed by atoms with Crippen molar-refractivity contribution in [1.82, 2.24) is 24.7 Å². The molecule has 0 radical (unpaired) electrons. The van der Waals surface area contributed by atoms with Gasteiger partial charge in [-0.2, -0.15) is 4.68 Å². The molecule has 128 valence electrons. The average Bonchev–Trinajstić information content (AvgIpc) is 2.98. The van der Waals surface area contributed by atoms with Crippen molar-refractivity contribution < 1.29 is 9.53 Å². The molecular formula is C15H18ClN5O3. The van der Waals surface area contributed by atoms with E-state index >= 15 is 0 Å². The molecule has 9 heteroatoms. The molecule has 0 unspecified atom stereocenters. The van der Waals surface area contributed by atoms with Gasteiger partial charge in [-0.15, -0.1) is 4.68 Å². The summed E-state index contributed by atoms with van der Waals surface area (Å²) in [6.07, 6.45) is 1.49. The highest BCUT2D eigenvalue weighted by molar-refractivity contribution is 6.32. The molecule has 24 heavy (non-hydrogen) atoms. The molecule has 1 amide bonds. The first-order chi connectivity index (χ1) is 11.6. The topological polar surface area (TPSA) is 82.3 Å². The van der Waals surface area contributed by atoms with Gasteiger partial charge in [0.25, 0.3) is 0 Å². The minimum atomic E-state index is -0.640. The van der Waals surface area contributed by atoms with Crippen molar-refractivity contribution in [1.29, 1.82) is 0 Å². The summed E-state index contributed by atoms with van der Waals surface area (Å²) in [4.78, 5) is 26.9. The number of ether oxygens (including phenoxy) is 1. The van der Waals surface area contributed by atoms with Crippen LogP contribution in [0.25, 0.3) is 5.69 Å². The number of hydrogen-bond donors (Lipinski definition) is 0. The van der Waals surface area contributed by atoms with E-state index < -0.39 is 11.7 Å². The molecule has 1 fully saturated rings. The molecule has 1 aromatic heterocycles. The van der Waals surface area contributed by atoms with Gasteiger partial charge in [0, 0.05) is 25.8 Å². The smallest absolute Gasteiger partial charge is 0.377 e. The van der Waals surface area contributed by atoms with E-state index in [-0.39, 0.29) is 6.04 Å². The van der Waals surface area contributed by atoms with Gasteiger partial charge in [-0.3, -0.25) is 0 Å². The number of carbonyl (C=O) groups is 1. The molecule has 0 N–H and O–H groups in total. The van der Waals surface area contributed by atoms with Gasteiger partial charge in [0.2, 0.25) is 0 Å². The van der Waals surface area contributed by atoms with Gasteiger partial charge in [-0.05, 0) is 42.3 Å². The zero-order valence-electron chi connectivity index (χ0n) is 13.3. The number of rotatable bonds is 3. The van der Waals surface area contributed by atoms with E-state index in [0.29, 0.717) is 30.5 Å². The Morgan fingerprint density at radius 3 is 2.71 bits per heavy atom. The van der Waals surface area contributed by atoms with Crippen LogP contribution in [-0.4, -0.2) is 56.5 Å². The van der Waals surface area contributed by atoms with E-state index in [1.807, 2.05) is 6.92 Å². The predicted octanol–water partition coefficient (Wildman–Crippen LogP) is 1.55. The molecule has 0 atom stereocenters. The first kappa shape index (κ1) is 16.7. The van der Waals surface area contributed by atoms with E-state index in [1.165, 1.54) is 0 Å². The molecule has 3 rings (SSSR count). The second-order valence-corrected chi connectivity index (χ2v) is 5.86. The summed E-state index contributed by atoms with van der Waals surface area (Å²) < 4.78 is 7.13. The fourth-order valence-corrected chi connectivity index (χ4v) is 3.02. The SMILES string of the molecule is CCN(C(=O)n1nnn(-c2ccccc2Cl)c1=O)C1CCOCC1. The highest BCUT2D eigenvalue weighted by Gasteiger charge is 2.28. The van der Waals surface area contributed by atoms with Crippen molar-refractivity contribution in [2.45, 2.75) is 25.8 Å². The van der Waals surface area contributed by atoms with Crippen LogP contribution in [0.2, 0.25) is 5.02 Å². The fraction of sp³-hybridized carbons (Fsp3) is 0.467. The number of carbonyl (C=O) groups excluding carboxylic acids is 1. The average molecular weight is 352 g/mol. The number of hydrogen-bond acceptors (Lipinski definition) is 5. The normalized spacial score (nSPS) is 15.4. The number of nitrogens with zero attached hydrogens (tertiary/aromatic N) is 5. The Morgan fingerprint density at radius 2 is 2.04 bits per heavy atom. The van der Waals surface area contributed by atoms with Crippen LogP contribution in [0.15, 0.2) is 29.1 Å². The van der Waals surface area contributed by atoms with Gasteiger partial charge in [-0.25, -0.2) is 9.59 Å². The minimum Gasteiger partial charge on any atom is -0.381 e. The van der Waals surface area contributed by atoms with Crippen LogP contribution < -0.4 is 5.69 Å². The number of aromatic nitrogens is 4. The van der Waals surface area contributed by atoms with E-state index in [2.05, 4.69) is 10.4 Å². The molecular weight excluding hydrogens is 334 g/mol. The van der Waals surface area contributed by atoms with E-state index in [1.54, 1.807) is 29.2 Å². The lowest BCUT2D eigenvalue weighted by atomic mass is 10.1. The number of para-hydroxylation sites is 1. The van der Waals surface area contributed by atoms with E-state index in [0.717, 1.165) is 22.2 Å². The van der Waals surface area contributed by atoms with Crippen molar-refractivity contribution >= 4 is 17.6 Å². The van der Waals surface area contributed by atoms with Crippen LogP contribution in [0.5, 0.6) is 0 Å². The predicted molar refractivity (Wildman–Crippen MR) is 87.6 cm³/mol. The van der Waals surface area contributed by atoms with E-state index in [4.69, 9.17) is 16.3 Å². The third kappa shape index (κ3) is 3.07. The van der Waals surface area contributed by atoms with Gasteiger partial charge in [0.05, 0.1) is 10.7 Å². The summed E-state index contributed by atoms with van der Waals surface area (Å²) in [7, 11) is 0. The van der Waals surface area contributed by atoms with Crippen molar-refractivity contribution in [2.75, 3.05) is 19.8 Å². The second-order valence-electron chi connectivity index (χ2n) is 5.45. The zero-order valence-corrected chi connectivity index (χ0v) is 14.0. The van der Waals surface area contributed by atoms with Crippen molar-refractivity contribution in [2.24, 2.45) is 0 Å². The molecule has 0 saturated carbocycles. The Balaban J connectivity index is 1.91. The van der Waals surface area contributed by atoms with E-state index in [9.17, 15) is 9.59 Å². The molecule has 1 aromatic carbocycles. The van der Waals surface area contributed by atoms with Crippen molar-refractivity contribution in [3.8, 4) is 5.69 Å². The number of halogens is 1. The molecule has 0 aliphatic carbocycles. The standard InChI is InChI=1S/C15H18ClN5O3/c1-2-19(11-7-9-24-10-8-11)14(22)21-15(23)20(17-18-21)13-6-4-3-5-12(13)16/h3-6,11H,2,7-10H2,1H3. The summed E-state index contributed by atoms with van der Waals surface area (Å²) >= 11 is 6.09. The highest BCUT2D eigenvalue weighted by Crippen LogP contribution is 2.17. The molecule has 2 heterocycles. The quantitative estimate of drug-likeness (QED) is 0.783. The van der Waals surface area contributed by atoms with Gasteiger partial charge >= 0.3 is 11.7 Å². The molecule has 1 aliphatic heterocycles. The third-order valence-corrected chi connectivity index (χ3v) is 4.38. The van der Waals surface area contributed by atoms with Gasteiger partial charge in [-0.1, -0.05) is 23.7 Å². The van der Waals surface area contributed by atoms with Gasteiger partial charge < -0.3 is 9.64 Å². The highest BCUT2D eigenvalue weighted by atomic mass is 35.5. The van der Waals surface area contributed by atoms with Crippen LogP contribution in [-0.2, 0) is 4.74 Å². The largest absolute Gasteiger partial charge is 0.381 e. The first-order valence-corrected chi connectivity index (χ1v) is 8.20. The minimum absolute atomic E-state index is 0.0358. The third-order valence-electron chi connectivity index (χ3n) is 4.06. The summed E-state index contributed by atoms with van der Waals surface area (Å²) in [6.45, 7) is 3.57. The van der Waals surface area contributed by atoms with Gasteiger partial charge in [0.15, 0.2) is 0 Å². The summed E-state index contributed by atoms with van der Waals surface area (Å²) in [6, 6.07) is 6.32. The van der Waals surface area contributed by atoms with Crippen molar-refractivity contribution in [3.05, 3.63) is 39.8 Å². The van der Waals surface area contributed by atoms with Crippen LogP contribution in [0, 0.1) is 0 Å². The van der Waals surface area contributed by atoms with Crippen LogP contribution in [0.4, 0.5) is 4.79 Å². The first-order valence-electron chi connectivity index (χ1n) is 7.82. The van der Waals surface area contributed by atoms with Crippen LogP contribution in [0.1, 0.15) is 19.8 Å². The molecule has 0 spiro atoms. The van der Waals surface area contributed by atoms with Crippen LogP contribution >= 0.6 is 11.6 Å². The Hall–Kier alpha value is -2.19. The second kappa shape index (κ2) is 7.14. The monoisotopic (exact) mass is 351 g/mol. The van der Waals surface area contributed by atoms with Gasteiger partial charge in [0.1, 0.15) is 0 Å². The number of amides is 1. The molecule has 0 bridgehead atoms. The maximum absolute atomic E-state index is 12.7. The fourth-order valence-electron chi connectivity index (χ4n) is 2.81. The zero-order chi connectivity index (χ0) is 17.1. The lowest BCUT2D eigenvalue weighted by Gasteiger charge is -2.32. The Morgan fingerprint density at radius 1 is 1.33 bits per heavy atom. The number of tetrazole rings is 1. The maximum Gasteiger partial charge on any atom is 0.377 e. The summed E-state index contributed by atoms with van der Waals surface area (Å²) in [5, 5.41) is 7.88. The van der Waals surface area contributed by atoms with Crippen LogP contribution in [0.3, 0.4) is 0 Å². The summed E-state index contributed by atoms with van der Waals surface area (Å²) in [5.74, 6) is 0. The molecule has 2 aromatic rings. The Labute approximate surface area is 143 Å². The lowest BCUT2D eigenvalue weighted by Crippen LogP contribution is -2.48. The molecule has 1 aliphatic rings. The Bertz CT molecular complexity index is 781. The molecule has 8 nitrogen and oxygen atoms in total. The maximum atomic E-state index is 12.7. The number of benzene rings is 1. The Kier molecular flexibility index (Phi) is 4.96. The summed E-state index contributed by atoms with van der Waals surface area (Å²) in [5.41, 5.74) is -0.254. The molecule has 1 saturated heterocycles.